The molecular weight excluding hydrogens is 251 g/mol. The fraction of sp³-hybridized carbons (Fsp3) is 0.357. The predicted molar refractivity (Wildman–Crippen MR) is 69.2 cm³/mol. The topological polar surface area (TPSA) is 55.8 Å². The normalized spacial score (nSPS) is 11.1. The zero-order chi connectivity index (χ0) is 14.1. The average molecular weight is 268 g/mol. The predicted octanol–water partition coefficient (Wildman–Crippen LogP) is 2.48. The molecule has 0 saturated heterocycles. The van der Waals surface area contributed by atoms with E-state index in [0.29, 0.717) is 25.4 Å². The van der Waals surface area contributed by atoms with E-state index >= 15 is 0 Å². The van der Waals surface area contributed by atoms with E-state index in [1.807, 2.05) is 0 Å². The van der Waals surface area contributed by atoms with Crippen molar-refractivity contribution >= 4 is 12.0 Å². The summed E-state index contributed by atoms with van der Waals surface area (Å²) in [7, 11) is 1.62. The van der Waals surface area contributed by atoms with Crippen molar-refractivity contribution in [3.05, 3.63) is 41.2 Å². The molecule has 0 aromatic heterocycles. The summed E-state index contributed by atoms with van der Waals surface area (Å²) in [6.45, 7) is 1.46. The molecule has 0 amide bonds. The standard InChI is InChI=1S/C14H17FO4/c1-18-7-2-8-19-10-12-3-5-13(15)9-11(12)4-6-14(16)17/h3-6,9H,2,7-8,10H2,1H3,(H,16,17). The lowest BCUT2D eigenvalue weighted by Crippen LogP contribution is -2.01. The third-order valence-electron chi connectivity index (χ3n) is 2.41. The van der Waals surface area contributed by atoms with Crippen LogP contribution in [0.4, 0.5) is 4.39 Å². The Balaban J connectivity index is 2.63. The van der Waals surface area contributed by atoms with Crippen LogP contribution in [0, 0.1) is 5.82 Å². The van der Waals surface area contributed by atoms with E-state index in [-0.39, 0.29) is 0 Å². The Kier molecular flexibility index (Phi) is 6.78. The Morgan fingerprint density at radius 1 is 1.42 bits per heavy atom. The molecule has 4 nitrogen and oxygen atoms in total. The van der Waals surface area contributed by atoms with Crippen molar-refractivity contribution in [3.8, 4) is 0 Å². The zero-order valence-electron chi connectivity index (χ0n) is 10.8. The van der Waals surface area contributed by atoms with Crippen LogP contribution in [0.3, 0.4) is 0 Å². The van der Waals surface area contributed by atoms with Gasteiger partial charge in [-0.3, -0.25) is 0 Å². The molecule has 0 bridgehead atoms. The quantitative estimate of drug-likeness (QED) is 0.581. The van der Waals surface area contributed by atoms with Gasteiger partial charge in [0, 0.05) is 26.4 Å². The Bertz CT molecular complexity index is 443. The molecule has 0 fully saturated rings. The summed E-state index contributed by atoms with van der Waals surface area (Å²) in [5, 5.41) is 8.58. The Hall–Kier alpha value is -1.72. The molecule has 0 aliphatic rings. The monoisotopic (exact) mass is 268 g/mol. The molecule has 0 spiro atoms. The first-order chi connectivity index (χ1) is 9.13. The van der Waals surface area contributed by atoms with E-state index in [0.717, 1.165) is 18.1 Å². The minimum atomic E-state index is -1.07. The minimum Gasteiger partial charge on any atom is -0.478 e. The van der Waals surface area contributed by atoms with Crippen LogP contribution < -0.4 is 0 Å². The summed E-state index contributed by atoms with van der Waals surface area (Å²) < 4.78 is 23.4. The highest BCUT2D eigenvalue weighted by molar-refractivity contribution is 5.85. The molecule has 19 heavy (non-hydrogen) atoms. The number of carboxylic acids is 1. The first-order valence-corrected chi connectivity index (χ1v) is 5.89. The lowest BCUT2D eigenvalue weighted by molar-refractivity contribution is -0.131. The fourth-order valence-electron chi connectivity index (χ4n) is 1.50. The minimum absolute atomic E-state index is 0.309. The molecule has 0 atom stereocenters. The van der Waals surface area contributed by atoms with Crippen LogP contribution in [0.25, 0.3) is 6.08 Å². The van der Waals surface area contributed by atoms with Crippen LogP contribution in [0.15, 0.2) is 24.3 Å². The van der Waals surface area contributed by atoms with Gasteiger partial charge in [-0.15, -0.1) is 0 Å². The van der Waals surface area contributed by atoms with Crippen LogP contribution >= 0.6 is 0 Å². The van der Waals surface area contributed by atoms with Crippen molar-refractivity contribution < 1.29 is 23.8 Å². The van der Waals surface area contributed by atoms with Crippen LogP contribution in [-0.2, 0) is 20.9 Å². The molecule has 0 radical (unpaired) electrons. The lowest BCUT2D eigenvalue weighted by atomic mass is 10.1. The van der Waals surface area contributed by atoms with Gasteiger partial charge in [0.15, 0.2) is 0 Å². The maximum absolute atomic E-state index is 13.1. The number of carboxylic acid groups (broad SMARTS) is 1. The Morgan fingerprint density at radius 3 is 2.89 bits per heavy atom. The second-order valence-corrected chi connectivity index (χ2v) is 3.91. The lowest BCUT2D eigenvalue weighted by Gasteiger charge is -2.07. The van der Waals surface area contributed by atoms with Gasteiger partial charge in [0.25, 0.3) is 0 Å². The Labute approximate surface area is 111 Å². The van der Waals surface area contributed by atoms with Gasteiger partial charge in [-0.05, 0) is 35.8 Å². The first-order valence-electron chi connectivity index (χ1n) is 5.89. The number of aliphatic carboxylic acids is 1. The smallest absolute Gasteiger partial charge is 0.328 e. The van der Waals surface area contributed by atoms with E-state index in [1.54, 1.807) is 13.2 Å². The van der Waals surface area contributed by atoms with Crippen molar-refractivity contribution in [2.75, 3.05) is 20.3 Å². The summed E-state index contributed by atoms with van der Waals surface area (Å²) in [6, 6.07) is 4.20. The molecule has 5 heteroatoms. The van der Waals surface area contributed by atoms with Crippen molar-refractivity contribution in [3.63, 3.8) is 0 Å². The van der Waals surface area contributed by atoms with Gasteiger partial charge in [0.1, 0.15) is 5.82 Å². The maximum Gasteiger partial charge on any atom is 0.328 e. The number of hydrogen-bond donors (Lipinski definition) is 1. The second kappa shape index (κ2) is 8.39. The number of carbonyl (C=O) groups is 1. The third-order valence-corrected chi connectivity index (χ3v) is 2.41. The van der Waals surface area contributed by atoms with E-state index < -0.39 is 11.8 Å². The summed E-state index contributed by atoms with van der Waals surface area (Å²) in [5.74, 6) is -1.48. The van der Waals surface area contributed by atoms with Crippen molar-refractivity contribution in [2.24, 2.45) is 0 Å². The number of benzene rings is 1. The van der Waals surface area contributed by atoms with Crippen LogP contribution in [-0.4, -0.2) is 31.4 Å². The summed E-state index contributed by atoms with van der Waals surface area (Å²) in [6.07, 6.45) is 3.11. The van der Waals surface area contributed by atoms with Crippen LogP contribution in [0.1, 0.15) is 17.5 Å². The highest BCUT2D eigenvalue weighted by atomic mass is 19.1. The van der Waals surface area contributed by atoms with Crippen molar-refractivity contribution in [2.45, 2.75) is 13.0 Å². The molecule has 1 aromatic rings. The number of methoxy groups -OCH3 is 1. The molecular formula is C14H17FO4. The van der Waals surface area contributed by atoms with Gasteiger partial charge >= 0.3 is 5.97 Å². The van der Waals surface area contributed by atoms with E-state index in [9.17, 15) is 9.18 Å². The van der Waals surface area contributed by atoms with Gasteiger partial charge in [-0.2, -0.15) is 0 Å². The van der Waals surface area contributed by atoms with Crippen LogP contribution in [0.2, 0.25) is 0 Å². The highest BCUT2D eigenvalue weighted by Crippen LogP contribution is 2.14. The largest absolute Gasteiger partial charge is 0.478 e. The average Bonchev–Trinajstić information content (AvgIpc) is 2.38. The van der Waals surface area contributed by atoms with Crippen molar-refractivity contribution in [1.82, 2.24) is 0 Å². The van der Waals surface area contributed by atoms with Gasteiger partial charge in [-0.25, -0.2) is 9.18 Å². The highest BCUT2D eigenvalue weighted by Gasteiger charge is 2.03. The number of ether oxygens (including phenoxy) is 2. The summed E-state index contributed by atoms with van der Waals surface area (Å²) in [5.41, 5.74) is 1.26. The first kappa shape index (κ1) is 15.3. The number of rotatable bonds is 8. The van der Waals surface area contributed by atoms with Crippen LogP contribution in [0.5, 0.6) is 0 Å². The summed E-state index contributed by atoms with van der Waals surface area (Å²) >= 11 is 0. The molecule has 0 aliphatic heterocycles. The molecule has 0 saturated carbocycles. The maximum atomic E-state index is 13.1. The fourth-order valence-corrected chi connectivity index (χ4v) is 1.50. The molecule has 0 heterocycles. The second-order valence-electron chi connectivity index (χ2n) is 3.91. The molecule has 1 aromatic carbocycles. The van der Waals surface area contributed by atoms with E-state index in [2.05, 4.69) is 0 Å². The Morgan fingerprint density at radius 2 is 2.21 bits per heavy atom. The molecule has 0 aliphatic carbocycles. The van der Waals surface area contributed by atoms with Gasteiger partial charge in [0.05, 0.1) is 6.61 Å². The molecule has 0 unspecified atom stereocenters. The van der Waals surface area contributed by atoms with Gasteiger partial charge in [0.2, 0.25) is 0 Å². The molecule has 104 valence electrons. The number of hydrogen-bond acceptors (Lipinski definition) is 3. The van der Waals surface area contributed by atoms with Crippen molar-refractivity contribution in [1.29, 1.82) is 0 Å². The molecule has 1 rings (SSSR count). The van der Waals surface area contributed by atoms with E-state index in [1.165, 1.54) is 18.2 Å². The third kappa shape index (κ3) is 6.13. The SMILES string of the molecule is COCCCOCc1ccc(F)cc1C=CC(=O)O. The summed E-state index contributed by atoms with van der Waals surface area (Å²) in [4.78, 5) is 10.5. The van der Waals surface area contributed by atoms with Gasteiger partial charge in [-0.1, -0.05) is 6.07 Å². The zero-order valence-corrected chi connectivity index (χ0v) is 10.8. The van der Waals surface area contributed by atoms with Gasteiger partial charge < -0.3 is 14.6 Å². The van der Waals surface area contributed by atoms with E-state index in [4.69, 9.17) is 14.6 Å². The molecule has 1 N–H and O–H groups in total. The number of halogens is 1.